The van der Waals surface area contributed by atoms with Crippen molar-refractivity contribution in [3.8, 4) is 0 Å². The van der Waals surface area contributed by atoms with Gasteiger partial charge >= 0.3 is 0 Å². The van der Waals surface area contributed by atoms with Gasteiger partial charge in [-0.05, 0) is 53.6 Å². The van der Waals surface area contributed by atoms with Gasteiger partial charge in [0.2, 0.25) is 0 Å². The Labute approximate surface area is 191 Å². The smallest absolute Gasteiger partial charge is 0.255 e. The van der Waals surface area contributed by atoms with E-state index in [1.807, 2.05) is 0 Å². The van der Waals surface area contributed by atoms with Crippen LogP contribution in [0.2, 0.25) is 0 Å². The lowest BCUT2D eigenvalue weighted by atomic mass is 10.0. The molecule has 1 aliphatic rings. The van der Waals surface area contributed by atoms with Gasteiger partial charge in [0.05, 0.1) is 24.6 Å². The number of carbonyl (C=O) groups excluding carboxylic acids is 2. The van der Waals surface area contributed by atoms with Crippen molar-refractivity contribution < 1.29 is 18.7 Å². The van der Waals surface area contributed by atoms with Crippen molar-refractivity contribution in [2.75, 3.05) is 37.4 Å². The molecule has 6 nitrogen and oxygen atoms in total. The number of para-hydroxylation sites is 2. The second-order valence-corrected chi connectivity index (χ2v) is 7.63. The van der Waals surface area contributed by atoms with Gasteiger partial charge in [-0.1, -0.05) is 36.4 Å². The molecular weight excluding hydrogens is 421 g/mol. The number of nitrogens with two attached hydrogens (primary N) is 1. The molecule has 0 radical (unpaired) electrons. The first-order valence-electron chi connectivity index (χ1n) is 10.6. The highest BCUT2D eigenvalue weighted by atomic mass is 19.1. The standard InChI is InChI=1S/C26H24FN3O3/c27-21-11-9-19(10-12-21)22(26(32)30-13-15-33-16-14-30)17-18-5-7-20(8-6-18)25(31)29-24-4-2-1-3-23(24)28/h1-12,17H,13-16,28H2,(H,29,31)/b22-17+. The van der Waals surface area contributed by atoms with Crippen LogP contribution in [0.4, 0.5) is 15.8 Å². The van der Waals surface area contributed by atoms with Crippen molar-refractivity contribution in [2.45, 2.75) is 0 Å². The van der Waals surface area contributed by atoms with E-state index in [9.17, 15) is 14.0 Å². The third kappa shape index (κ3) is 5.45. The highest BCUT2D eigenvalue weighted by molar-refractivity contribution is 6.24. The van der Waals surface area contributed by atoms with E-state index in [1.54, 1.807) is 71.6 Å². The fourth-order valence-electron chi connectivity index (χ4n) is 3.54. The predicted octanol–water partition coefficient (Wildman–Crippen LogP) is 4.06. The van der Waals surface area contributed by atoms with Gasteiger partial charge in [0.1, 0.15) is 5.82 Å². The molecule has 168 valence electrons. The molecule has 1 heterocycles. The Bertz CT molecular complexity index is 1170. The van der Waals surface area contributed by atoms with E-state index in [2.05, 4.69) is 5.32 Å². The largest absolute Gasteiger partial charge is 0.397 e. The highest BCUT2D eigenvalue weighted by Gasteiger charge is 2.22. The first-order chi connectivity index (χ1) is 16.0. The highest BCUT2D eigenvalue weighted by Crippen LogP contribution is 2.23. The third-order valence-corrected chi connectivity index (χ3v) is 5.38. The number of nitrogen functional groups attached to an aromatic ring is 1. The van der Waals surface area contributed by atoms with E-state index < -0.39 is 0 Å². The molecule has 33 heavy (non-hydrogen) atoms. The molecule has 7 heteroatoms. The zero-order chi connectivity index (χ0) is 23.2. The summed E-state index contributed by atoms with van der Waals surface area (Å²) in [7, 11) is 0. The molecule has 1 fully saturated rings. The molecular formula is C26H24FN3O3. The summed E-state index contributed by atoms with van der Waals surface area (Å²) in [6.07, 6.45) is 1.75. The van der Waals surface area contributed by atoms with Crippen LogP contribution in [0.25, 0.3) is 11.6 Å². The Hall–Kier alpha value is -3.97. The van der Waals surface area contributed by atoms with E-state index >= 15 is 0 Å². The first-order valence-corrected chi connectivity index (χ1v) is 10.6. The second-order valence-electron chi connectivity index (χ2n) is 7.63. The van der Waals surface area contributed by atoms with Crippen molar-refractivity contribution in [1.82, 2.24) is 4.90 Å². The Balaban J connectivity index is 1.58. The van der Waals surface area contributed by atoms with Crippen LogP contribution in [0, 0.1) is 5.82 Å². The number of halogens is 1. The number of hydrogen-bond acceptors (Lipinski definition) is 4. The number of hydrogen-bond donors (Lipinski definition) is 2. The van der Waals surface area contributed by atoms with Crippen LogP contribution in [0.1, 0.15) is 21.5 Å². The van der Waals surface area contributed by atoms with Gasteiger partial charge in [0.15, 0.2) is 0 Å². The number of amides is 2. The number of nitrogens with zero attached hydrogens (tertiary/aromatic N) is 1. The van der Waals surface area contributed by atoms with Crippen molar-refractivity contribution in [3.05, 3.63) is 95.3 Å². The summed E-state index contributed by atoms with van der Waals surface area (Å²) in [5.74, 6) is -0.802. The third-order valence-electron chi connectivity index (χ3n) is 5.38. The first kappa shape index (κ1) is 22.2. The molecule has 3 aromatic carbocycles. The number of anilines is 2. The molecule has 0 spiro atoms. The Kier molecular flexibility index (Phi) is 6.80. The Morgan fingerprint density at radius 1 is 0.909 bits per heavy atom. The zero-order valence-corrected chi connectivity index (χ0v) is 18.0. The average Bonchev–Trinajstić information content (AvgIpc) is 2.85. The summed E-state index contributed by atoms with van der Waals surface area (Å²) < 4.78 is 18.8. The van der Waals surface area contributed by atoms with Crippen molar-refractivity contribution in [2.24, 2.45) is 0 Å². The van der Waals surface area contributed by atoms with Crippen molar-refractivity contribution >= 4 is 34.8 Å². The fourth-order valence-corrected chi connectivity index (χ4v) is 3.54. The molecule has 0 unspecified atom stereocenters. The minimum absolute atomic E-state index is 0.147. The Morgan fingerprint density at radius 3 is 2.21 bits per heavy atom. The van der Waals surface area contributed by atoms with Gasteiger partial charge in [-0.2, -0.15) is 0 Å². The molecule has 1 aliphatic heterocycles. The summed E-state index contributed by atoms with van der Waals surface area (Å²) in [5, 5.41) is 2.79. The van der Waals surface area contributed by atoms with Crippen LogP contribution in [0.15, 0.2) is 72.8 Å². The minimum atomic E-state index is -0.369. The van der Waals surface area contributed by atoms with Crippen LogP contribution in [-0.4, -0.2) is 43.0 Å². The van der Waals surface area contributed by atoms with E-state index in [1.165, 1.54) is 12.1 Å². The zero-order valence-electron chi connectivity index (χ0n) is 18.0. The number of morpholine rings is 1. The summed E-state index contributed by atoms with van der Waals surface area (Å²) in [4.78, 5) is 27.5. The summed E-state index contributed by atoms with van der Waals surface area (Å²) in [5.41, 5.74) is 9.18. The molecule has 0 saturated carbocycles. The molecule has 0 aromatic heterocycles. The lowest BCUT2D eigenvalue weighted by Crippen LogP contribution is -2.41. The number of carbonyl (C=O) groups is 2. The number of benzene rings is 3. The van der Waals surface area contributed by atoms with Crippen LogP contribution in [-0.2, 0) is 9.53 Å². The van der Waals surface area contributed by atoms with Crippen molar-refractivity contribution in [3.63, 3.8) is 0 Å². The molecule has 0 aliphatic carbocycles. The van der Waals surface area contributed by atoms with E-state index in [-0.39, 0.29) is 17.6 Å². The minimum Gasteiger partial charge on any atom is -0.397 e. The van der Waals surface area contributed by atoms with Gasteiger partial charge in [0, 0.05) is 24.2 Å². The maximum Gasteiger partial charge on any atom is 0.255 e. The monoisotopic (exact) mass is 445 g/mol. The van der Waals surface area contributed by atoms with Gasteiger partial charge in [-0.25, -0.2) is 4.39 Å². The number of rotatable bonds is 5. The molecule has 4 rings (SSSR count). The fraction of sp³-hybridized carbons (Fsp3) is 0.154. The van der Waals surface area contributed by atoms with E-state index in [0.717, 1.165) is 5.56 Å². The average molecular weight is 445 g/mol. The van der Waals surface area contributed by atoms with Crippen molar-refractivity contribution in [1.29, 1.82) is 0 Å². The van der Waals surface area contributed by atoms with Crippen LogP contribution in [0.5, 0.6) is 0 Å². The molecule has 0 atom stereocenters. The maximum absolute atomic E-state index is 13.5. The quantitative estimate of drug-likeness (QED) is 0.352. The Morgan fingerprint density at radius 2 is 1.55 bits per heavy atom. The topological polar surface area (TPSA) is 84.7 Å². The SMILES string of the molecule is Nc1ccccc1NC(=O)c1ccc(/C=C(/C(=O)N2CCOCC2)c2ccc(F)cc2)cc1. The molecule has 1 saturated heterocycles. The maximum atomic E-state index is 13.5. The van der Waals surface area contributed by atoms with E-state index in [0.29, 0.717) is 54.4 Å². The van der Waals surface area contributed by atoms with Crippen LogP contribution >= 0.6 is 0 Å². The normalized spacial score (nSPS) is 14.1. The summed E-state index contributed by atoms with van der Waals surface area (Å²) in [6.45, 7) is 1.97. The predicted molar refractivity (Wildman–Crippen MR) is 127 cm³/mol. The second kappa shape index (κ2) is 10.1. The number of nitrogens with one attached hydrogen (secondary N) is 1. The van der Waals surface area contributed by atoms with Crippen LogP contribution in [0.3, 0.4) is 0 Å². The number of ether oxygens (including phenoxy) is 1. The molecule has 3 N–H and O–H groups in total. The van der Waals surface area contributed by atoms with Gasteiger partial charge < -0.3 is 20.7 Å². The summed E-state index contributed by atoms with van der Waals surface area (Å²) >= 11 is 0. The van der Waals surface area contributed by atoms with Gasteiger partial charge in [-0.3, -0.25) is 9.59 Å². The molecule has 2 amide bonds. The summed E-state index contributed by atoms with van der Waals surface area (Å²) in [6, 6.07) is 19.8. The lowest BCUT2D eigenvalue weighted by molar-refractivity contribution is -0.128. The molecule has 3 aromatic rings. The lowest BCUT2D eigenvalue weighted by Gasteiger charge is -2.28. The van der Waals surface area contributed by atoms with Gasteiger partial charge in [-0.15, -0.1) is 0 Å². The molecule has 0 bridgehead atoms. The van der Waals surface area contributed by atoms with E-state index in [4.69, 9.17) is 10.5 Å². The van der Waals surface area contributed by atoms with Crippen LogP contribution < -0.4 is 11.1 Å². The van der Waals surface area contributed by atoms with Gasteiger partial charge in [0.25, 0.3) is 11.8 Å².